The molecule has 0 radical (unpaired) electrons. The summed E-state index contributed by atoms with van der Waals surface area (Å²) in [5, 5.41) is 4.28. The highest BCUT2D eigenvalue weighted by Gasteiger charge is 2.20. The summed E-state index contributed by atoms with van der Waals surface area (Å²) in [6.45, 7) is 2.63. The van der Waals surface area contributed by atoms with Gasteiger partial charge in [0, 0.05) is 18.2 Å². The molecule has 2 aliphatic rings. The summed E-state index contributed by atoms with van der Waals surface area (Å²) in [6, 6.07) is 4.31. The average Bonchev–Trinajstić information content (AvgIpc) is 2.73. The maximum atomic E-state index is 6.30. The number of fused-ring (bicyclic) bond motifs is 1. The van der Waals surface area contributed by atoms with Crippen molar-refractivity contribution in [2.45, 2.75) is 45.1 Å². The third-order valence-electron chi connectivity index (χ3n) is 4.08. The molecule has 3 rings (SSSR count). The second-order valence-electron chi connectivity index (χ2n) is 5.64. The van der Waals surface area contributed by atoms with Crippen LogP contribution in [-0.4, -0.2) is 12.8 Å². The van der Waals surface area contributed by atoms with Crippen LogP contribution in [0.25, 0.3) is 0 Å². The molecule has 2 unspecified atom stereocenters. The third-order valence-corrected chi connectivity index (χ3v) is 4.39. The molecule has 19 heavy (non-hydrogen) atoms. The summed E-state index contributed by atoms with van der Waals surface area (Å²) < 4.78 is 10.7. The molecule has 1 aliphatic heterocycles. The number of halogens is 1. The van der Waals surface area contributed by atoms with Crippen LogP contribution in [0.2, 0.25) is 5.02 Å². The maximum Gasteiger partial charge on any atom is 0.231 e. The second-order valence-corrected chi connectivity index (χ2v) is 6.05. The zero-order valence-corrected chi connectivity index (χ0v) is 12.0. The fourth-order valence-electron chi connectivity index (χ4n) is 2.88. The molecule has 0 spiro atoms. The van der Waals surface area contributed by atoms with E-state index in [1.807, 2.05) is 12.1 Å². The molecule has 1 saturated carbocycles. The van der Waals surface area contributed by atoms with Gasteiger partial charge in [0.15, 0.2) is 11.5 Å². The fraction of sp³-hybridized carbons (Fsp3) is 0.600. The molecule has 1 aliphatic carbocycles. The minimum atomic E-state index is 0.288. The van der Waals surface area contributed by atoms with Crippen molar-refractivity contribution in [1.82, 2.24) is 0 Å². The number of benzene rings is 1. The summed E-state index contributed by atoms with van der Waals surface area (Å²) >= 11 is 6.30. The Bertz CT molecular complexity index is 464. The van der Waals surface area contributed by atoms with Crippen molar-refractivity contribution in [1.29, 1.82) is 0 Å². The molecule has 1 aromatic rings. The van der Waals surface area contributed by atoms with Crippen LogP contribution in [0, 0.1) is 5.92 Å². The van der Waals surface area contributed by atoms with Crippen LogP contribution in [0.15, 0.2) is 12.1 Å². The van der Waals surface area contributed by atoms with E-state index in [1.165, 1.54) is 32.1 Å². The Labute approximate surface area is 119 Å². The maximum absolute atomic E-state index is 6.30. The van der Waals surface area contributed by atoms with Crippen molar-refractivity contribution >= 4 is 17.3 Å². The van der Waals surface area contributed by atoms with Crippen LogP contribution in [0.1, 0.15) is 39.0 Å². The second kappa shape index (κ2) is 5.49. The van der Waals surface area contributed by atoms with Gasteiger partial charge in [-0.05, 0) is 25.2 Å². The number of ether oxygens (including phenoxy) is 2. The van der Waals surface area contributed by atoms with E-state index < -0.39 is 0 Å². The van der Waals surface area contributed by atoms with Gasteiger partial charge in [0.25, 0.3) is 0 Å². The van der Waals surface area contributed by atoms with Crippen LogP contribution in [0.5, 0.6) is 11.5 Å². The molecule has 0 bridgehead atoms. The highest BCUT2D eigenvalue weighted by Crippen LogP contribution is 2.40. The predicted molar refractivity (Wildman–Crippen MR) is 77.2 cm³/mol. The van der Waals surface area contributed by atoms with Gasteiger partial charge in [-0.15, -0.1) is 0 Å². The smallest absolute Gasteiger partial charge is 0.231 e. The molecule has 1 heterocycles. The standard InChI is InChI=1S/C15H20ClNO2/c1-10-3-2-4-11(6-5-10)17-13-8-15-14(7-12(13)16)18-9-19-15/h7-8,10-11,17H,2-6,9H2,1H3. The van der Waals surface area contributed by atoms with E-state index in [4.69, 9.17) is 21.1 Å². The molecule has 3 nitrogen and oxygen atoms in total. The lowest BCUT2D eigenvalue weighted by atomic mass is 10.0. The molecule has 1 fully saturated rings. The van der Waals surface area contributed by atoms with Gasteiger partial charge in [0.05, 0.1) is 10.7 Å². The van der Waals surface area contributed by atoms with Gasteiger partial charge in [-0.3, -0.25) is 0 Å². The molecule has 0 saturated heterocycles. The van der Waals surface area contributed by atoms with E-state index in [1.54, 1.807) is 0 Å². The van der Waals surface area contributed by atoms with E-state index in [0.29, 0.717) is 11.1 Å². The van der Waals surface area contributed by atoms with E-state index in [0.717, 1.165) is 23.1 Å². The van der Waals surface area contributed by atoms with Crippen molar-refractivity contribution < 1.29 is 9.47 Å². The Morgan fingerprint density at radius 2 is 1.89 bits per heavy atom. The summed E-state index contributed by atoms with van der Waals surface area (Å²) in [5.41, 5.74) is 0.963. The SMILES string of the molecule is CC1CCCC(Nc2cc3c(cc2Cl)OCO3)CC1. The summed E-state index contributed by atoms with van der Waals surface area (Å²) in [6.07, 6.45) is 6.36. The highest BCUT2D eigenvalue weighted by atomic mass is 35.5. The summed E-state index contributed by atoms with van der Waals surface area (Å²) in [7, 11) is 0. The lowest BCUT2D eigenvalue weighted by molar-refractivity contribution is 0.174. The van der Waals surface area contributed by atoms with Gasteiger partial charge >= 0.3 is 0 Å². The van der Waals surface area contributed by atoms with Crippen LogP contribution < -0.4 is 14.8 Å². The van der Waals surface area contributed by atoms with Crippen LogP contribution in [-0.2, 0) is 0 Å². The van der Waals surface area contributed by atoms with Gasteiger partial charge in [-0.2, -0.15) is 0 Å². The lowest BCUT2D eigenvalue weighted by Crippen LogP contribution is -2.18. The number of anilines is 1. The topological polar surface area (TPSA) is 30.5 Å². The number of rotatable bonds is 2. The Kier molecular flexibility index (Phi) is 3.74. The van der Waals surface area contributed by atoms with Crippen LogP contribution in [0.4, 0.5) is 5.69 Å². The van der Waals surface area contributed by atoms with Crippen molar-refractivity contribution in [2.24, 2.45) is 5.92 Å². The quantitative estimate of drug-likeness (QED) is 0.813. The number of hydrogen-bond donors (Lipinski definition) is 1. The summed E-state index contributed by atoms with van der Waals surface area (Å²) in [5.74, 6) is 2.37. The predicted octanol–water partition coefficient (Wildman–Crippen LogP) is 4.45. The van der Waals surface area contributed by atoms with E-state index in [2.05, 4.69) is 12.2 Å². The van der Waals surface area contributed by atoms with Crippen molar-refractivity contribution in [3.63, 3.8) is 0 Å². The van der Waals surface area contributed by atoms with Gasteiger partial charge < -0.3 is 14.8 Å². The zero-order chi connectivity index (χ0) is 13.2. The van der Waals surface area contributed by atoms with E-state index >= 15 is 0 Å². The van der Waals surface area contributed by atoms with Crippen molar-refractivity contribution in [2.75, 3.05) is 12.1 Å². The number of hydrogen-bond acceptors (Lipinski definition) is 3. The molecular formula is C15H20ClNO2. The van der Waals surface area contributed by atoms with E-state index in [9.17, 15) is 0 Å². The molecule has 104 valence electrons. The number of nitrogens with one attached hydrogen (secondary N) is 1. The molecule has 4 heteroatoms. The third kappa shape index (κ3) is 2.92. The first-order valence-electron chi connectivity index (χ1n) is 7.08. The molecule has 1 aromatic carbocycles. The van der Waals surface area contributed by atoms with Gasteiger partial charge in [0.1, 0.15) is 0 Å². The summed E-state index contributed by atoms with van der Waals surface area (Å²) in [4.78, 5) is 0. The van der Waals surface area contributed by atoms with Gasteiger partial charge in [-0.1, -0.05) is 31.4 Å². The monoisotopic (exact) mass is 281 g/mol. The zero-order valence-electron chi connectivity index (χ0n) is 11.2. The van der Waals surface area contributed by atoms with Crippen LogP contribution in [0.3, 0.4) is 0 Å². The average molecular weight is 282 g/mol. The first kappa shape index (κ1) is 12.9. The molecule has 0 aromatic heterocycles. The minimum absolute atomic E-state index is 0.288. The van der Waals surface area contributed by atoms with Crippen LogP contribution >= 0.6 is 11.6 Å². The highest BCUT2D eigenvalue weighted by molar-refractivity contribution is 6.33. The lowest BCUT2D eigenvalue weighted by Gasteiger charge is -2.19. The largest absolute Gasteiger partial charge is 0.454 e. The van der Waals surface area contributed by atoms with Crippen molar-refractivity contribution in [3.8, 4) is 11.5 Å². The Hall–Kier alpha value is -1.09. The first-order chi connectivity index (χ1) is 9.22. The first-order valence-corrected chi connectivity index (χ1v) is 7.46. The Morgan fingerprint density at radius 1 is 1.11 bits per heavy atom. The molecule has 2 atom stereocenters. The Morgan fingerprint density at radius 3 is 2.74 bits per heavy atom. The van der Waals surface area contributed by atoms with Gasteiger partial charge in [0.2, 0.25) is 6.79 Å². The van der Waals surface area contributed by atoms with Gasteiger partial charge in [-0.25, -0.2) is 0 Å². The van der Waals surface area contributed by atoms with E-state index in [-0.39, 0.29) is 6.79 Å². The van der Waals surface area contributed by atoms with Crippen molar-refractivity contribution in [3.05, 3.63) is 17.2 Å². The minimum Gasteiger partial charge on any atom is -0.454 e. The molecule has 1 N–H and O–H groups in total. The normalized spacial score (nSPS) is 26.0. The molecular weight excluding hydrogens is 262 g/mol. The fourth-order valence-corrected chi connectivity index (χ4v) is 3.09. The Balaban J connectivity index is 1.72. The molecule has 0 amide bonds.